The summed E-state index contributed by atoms with van der Waals surface area (Å²) in [6, 6.07) is 7.71. The number of nitrogens with one attached hydrogen (secondary N) is 1. The van der Waals surface area contributed by atoms with Crippen LogP contribution in [0.5, 0.6) is 0 Å². The molecule has 0 radical (unpaired) electrons. The minimum absolute atomic E-state index is 0.0500. The normalized spacial score (nSPS) is 14.3. The molecule has 0 atom stereocenters. The average Bonchev–Trinajstić information content (AvgIpc) is 2.55. The van der Waals surface area contributed by atoms with Gasteiger partial charge in [0.2, 0.25) is 0 Å². The minimum atomic E-state index is -0.0500. The van der Waals surface area contributed by atoms with Crippen LogP contribution in [0.2, 0.25) is 5.02 Å². The van der Waals surface area contributed by atoms with Gasteiger partial charge in [0.05, 0.1) is 5.56 Å². The summed E-state index contributed by atoms with van der Waals surface area (Å²) in [5.41, 5.74) is 4.03. The molecule has 0 fully saturated rings. The van der Waals surface area contributed by atoms with Crippen molar-refractivity contribution in [2.24, 2.45) is 0 Å². The second kappa shape index (κ2) is 7.11. The minimum Gasteiger partial charge on any atom is -0.352 e. The maximum Gasteiger partial charge on any atom is 0.253 e. The zero-order valence-electron chi connectivity index (χ0n) is 13.2. The van der Waals surface area contributed by atoms with Gasteiger partial charge in [0.15, 0.2) is 0 Å². The van der Waals surface area contributed by atoms with Gasteiger partial charge in [-0.05, 0) is 42.6 Å². The van der Waals surface area contributed by atoms with E-state index in [4.69, 9.17) is 11.6 Å². The number of pyridine rings is 1. The standard InChI is InChI=1S/C18H20ClN3O/c1-22-9-7-15-14(12-22)10-20-11-16(15)18(23)21-8-6-13-4-2-3-5-17(13)19/h2-5,10-11H,6-9,12H2,1H3,(H,21,23). The fourth-order valence-electron chi connectivity index (χ4n) is 2.94. The highest BCUT2D eigenvalue weighted by Crippen LogP contribution is 2.20. The van der Waals surface area contributed by atoms with Gasteiger partial charge in [-0.3, -0.25) is 9.78 Å². The molecule has 5 heteroatoms. The van der Waals surface area contributed by atoms with Crippen LogP contribution in [0.25, 0.3) is 0 Å². The van der Waals surface area contributed by atoms with Gasteiger partial charge in [-0.15, -0.1) is 0 Å². The molecule has 4 nitrogen and oxygen atoms in total. The summed E-state index contributed by atoms with van der Waals surface area (Å²) in [5, 5.41) is 3.72. The predicted molar refractivity (Wildman–Crippen MR) is 91.8 cm³/mol. The summed E-state index contributed by atoms with van der Waals surface area (Å²) in [6.45, 7) is 2.38. The van der Waals surface area contributed by atoms with E-state index in [1.165, 1.54) is 0 Å². The van der Waals surface area contributed by atoms with Crippen LogP contribution in [0.3, 0.4) is 0 Å². The quantitative estimate of drug-likeness (QED) is 0.938. The molecule has 0 unspecified atom stereocenters. The smallest absolute Gasteiger partial charge is 0.253 e. The third-order valence-electron chi connectivity index (χ3n) is 4.21. The SMILES string of the molecule is CN1CCc2c(cncc2C(=O)NCCc2ccccc2Cl)C1. The van der Waals surface area contributed by atoms with Gasteiger partial charge in [0, 0.05) is 37.1 Å². The topological polar surface area (TPSA) is 45.2 Å². The van der Waals surface area contributed by atoms with Gasteiger partial charge in [-0.25, -0.2) is 0 Å². The largest absolute Gasteiger partial charge is 0.352 e. The van der Waals surface area contributed by atoms with E-state index in [-0.39, 0.29) is 5.91 Å². The molecule has 2 aromatic rings. The van der Waals surface area contributed by atoms with Crippen molar-refractivity contribution in [3.8, 4) is 0 Å². The third-order valence-corrected chi connectivity index (χ3v) is 4.58. The number of hydrogen-bond acceptors (Lipinski definition) is 3. The highest BCUT2D eigenvalue weighted by molar-refractivity contribution is 6.31. The maximum absolute atomic E-state index is 12.5. The van der Waals surface area contributed by atoms with E-state index in [0.29, 0.717) is 12.1 Å². The second-order valence-electron chi connectivity index (χ2n) is 5.91. The molecule has 0 spiro atoms. The van der Waals surface area contributed by atoms with Crippen molar-refractivity contribution >= 4 is 17.5 Å². The Balaban J connectivity index is 1.65. The summed E-state index contributed by atoms with van der Waals surface area (Å²) in [4.78, 5) is 18.9. The lowest BCUT2D eigenvalue weighted by Gasteiger charge is -2.26. The van der Waals surface area contributed by atoms with Crippen LogP contribution in [0.4, 0.5) is 0 Å². The number of rotatable bonds is 4. The first-order chi connectivity index (χ1) is 11.1. The van der Waals surface area contributed by atoms with Gasteiger partial charge in [0.25, 0.3) is 5.91 Å². The monoisotopic (exact) mass is 329 g/mol. The van der Waals surface area contributed by atoms with Crippen molar-refractivity contribution in [1.82, 2.24) is 15.2 Å². The van der Waals surface area contributed by atoms with Gasteiger partial charge < -0.3 is 10.2 Å². The van der Waals surface area contributed by atoms with Gasteiger partial charge in [-0.1, -0.05) is 29.8 Å². The number of hydrogen-bond donors (Lipinski definition) is 1. The molecule has 1 aromatic carbocycles. The third kappa shape index (κ3) is 3.71. The Morgan fingerprint density at radius 2 is 2.17 bits per heavy atom. The molecular formula is C18H20ClN3O. The number of amides is 1. The van der Waals surface area contributed by atoms with Crippen LogP contribution >= 0.6 is 11.6 Å². The van der Waals surface area contributed by atoms with E-state index < -0.39 is 0 Å². The molecule has 2 heterocycles. The predicted octanol–water partition coefficient (Wildman–Crippen LogP) is 2.70. The van der Waals surface area contributed by atoms with E-state index in [0.717, 1.165) is 47.6 Å². The maximum atomic E-state index is 12.5. The second-order valence-corrected chi connectivity index (χ2v) is 6.32. The summed E-state index contributed by atoms with van der Waals surface area (Å²) in [5.74, 6) is -0.0500. The Morgan fingerprint density at radius 3 is 3.00 bits per heavy atom. The first kappa shape index (κ1) is 16.0. The molecule has 1 amide bonds. The number of carbonyl (C=O) groups excluding carboxylic acids is 1. The van der Waals surface area contributed by atoms with Crippen molar-refractivity contribution in [2.75, 3.05) is 20.1 Å². The lowest BCUT2D eigenvalue weighted by molar-refractivity contribution is 0.0952. The van der Waals surface area contributed by atoms with Crippen molar-refractivity contribution in [3.63, 3.8) is 0 Å². The number of likely N-dealkylation sites (N-methyl/N-ethyl adjacent to an activating group) is 1. The summed E-state index contributed by atoms with van der Waals surface area (Å²) in [6.07, 6.45) is 5.15. The summed E-state index contributed by atoms with van der Waals surface area (Å²) in [7, 11) is 2.08. The Hall–Kier alpha value is -1.91. The molecule has 1 aliphatic rings. The lowest BCUT2D eigenvalue weighted by atomic mass is 9.97. The first-order valence-electron chi connectivity index (χ1n) is 7.81. The van der Waals surface area contributed by atoms with E-state index in [2.05, 4.69) is 22.2 Å². The highest BCUT2D eigenvalue weighted by atomic mass is 35.5. The molecular weight excluding hydrogens is 310 g/mol. The first-order valence-corrected chi connectivity index (χ1v) is 8.19. The molecule has 0 aliphatic carbocycles. The van der Waals surface area contributed by atoms with Crippen molar-refractivity contribution in [2.45, 2.75) is 19.4 Å². The number of aromatic nitrogens is 1. The van der Waals surface area contributed by atoms with E-state index >= 15 is 0 Å². The number of halogens is 1. The van der Waals surface area contributed by atoms with Crippen LogP contribution < -0.4 is 5.32 Å². The van der Waals surface area contributed by atoms with Crippen molar-refractivity contribution < 1.29 is 4.79 Å². The number of fused-ring (bicyclic) bond motifs is 1. The Bertz CT molecular complexity index is 717. The molecule has 0 bridgehead atoms. The Kier molecular flexibility index (Phi) is 4.94. The van der Waals surface area contributed by atoms with Crippen LogP contribution in [0.15, 0.2) is 36.7 Å². The van der Waals surface area contributed by atoms with E-state index in [9.17, 15) is 4.79 Å². The number of carbonyl (C=O) groups is 1. The van der Waals surface area contributed by atoms with Crippen LogP contribution in [-0.2, 0) is 19.4 Å². The van der Waals surface area contributed by atoms with Crippen molar-refractivity contribution in [3.05, 3.63) is 63.9 Å². The highest BCUT2D eigenvalue weighted by Gasteiger charge is 2.20. The molecule has 23 heavy (non-hydrogen) atoms. The lowest BCUT2D eigenvalue weighted by Crippen LogP contribution is -2.31. The number of nitrogens with zero attached hydrogens (tertiary/aromatic N) is 2. The molecule has 0 saturated carbocycles. The molecule has 3 rings (SSSR count). The van der Waals surface area contributed by atoms with E-state index in [1.54, 1.807) is 6.20 Å². The zero-order chi connectivity index (χ0) is 16.2. The van der Waals surface area contributed by atoms with E-state index in [1.807, 2.05) is 30.5 Å². The summed E-state index contributed by atoms with van der Waals surface area (Å²) < 4.78 is 0. The van der Waals surface area contributed by atoms with Gasteiger partial charge >= 0.3 is 0 Å². The zero-order valence-corrected chi connectivity index (χ0v) is 13.9. The van der Waals surface area contributed by atoms with Crippen molar-refractivity contribution in [1.29, 1.82) is 0 Å². The molecule has 0 saturated heterocycles. The molecule has 1 N–H and O–H groups in total. The summed E-state index contributed by atoms with van der Waals surface area (Å²) >= 11 is 6.14. The van der Waals surface area contributed by atoms with Gasteiger partial charge in [-0.2, -0.15) is 0 Å². The van der Waals surface area contributed by atoms with Crippen LogP contribution in [0.1, 0.15) is 27.0 Å². The molecule has 1 aliphatic heterocycles. The Labute approximate surface area is 141 Å². The Morgan fingerprint density at radius 1 is 1.35 bits per heavy atom. The van der Waals surface area contributed by atoms with Gasteiger partial charge in [0.1, 0.15) is 0 Å². The molecule has 120 valence electrons. The fourth-order valence-corrected chi connectivity index (χ4v) is 3.17. The average molecular weight is 330 g/mol. The van der Waals surface area contributed by atoms with Crippen LogP contribution in [-0.4, -0.2) is 35.9 Å². The number of benzene rings is 1. The molecule has 1 aromatic heterocycles. The van der Waals surface area contributed by atoms with Crippen LogP contribution in [0, 0.1) is 0 Å². The fraction of sp³-hybridized carbons (Fsp3) is 0.333.